The first-order valence-corrected chi connectivity index (χ1v) is 7.58. The molecule has 0 radical (unpaired) electrons. The minimum absolute atomic E-state index is 0.654. The molecule has 1 saturated heterocycles. The first-order chi connectivity index (χ1) is 8.29. The maximum atomic E-state index is 4.36. The molecule has 4 heteroatoms. The molecule has 1 aliphatic rings. The number of hydrogen-bond acceptors (Lipinski definition) is 4. The van der Waals surface area contributed by atoms with Crippen molar-refractivity contribution in [2.45, 2.75) is 45.2 Å². The molecule has 2 heterocycles. The Labute approximate surface area is 108 Å². The highest BCUT2D eigenvalue weighted by atomic mass is 32.1. The second-order valence-corrected chi connectivity index (χ2v) is 5.69. The second kappa shape index (κ2) is 6.47. The van der Waals surface area contributed by atoms with Gasteiger partial charge in [-0.3, -0.25) is 4.90 Å². The summed E-state index contributed by atoms with van der Waals surface area (Å²) in [6.45, 7) is 8.04. The average molecular weight is 253 g/mol. The van der Waals surface area contributed by atoms with E-state index in [0.29, 0.717) is 12.1 Å². The summed E-state index contributed by atoms with van der Waals surface area (Å²) in [5, 5.41) is 5.80. The van der Waals surface area contributed by atoms with Gasteiger partial charge >= 0.3 is 0 Å². The maximum absolute atomic E-state index is 4.36. The van der Waals surface area contributed by atoms with Gasteiger partial charge in [-0.2, -0.15) is 0 Å². The minimum atomic E-state index is 0.654. The highest BCUT2D eigenvalue weighted by Crippen LogP contribution is 2.12. The van der Waals surface area contributed by atoms with Gasteiger partial charge in [-0.15, -0.1) is 11.3 Å². The van der Waals surface area contributed by atoms with Crippen molar-refractivity contribution in [1.82, 2.24) is 15.2 Å². The van der Waals surface area contributed by atoms with Crippen molar-refractivity contribution < 1.29 is 0 Å². The van der Waals surface area contributed by atoms with Gasteiger partial charge in [-0.05, 0) is 13.3 Å². The van der Waals surface area contributed by atoms with E-state index in [2.05, 4.69) is 34.4 Å². The Hall–Kier alpha value is -0.450. The summed E-state index contributed by atoms with van der Waals surface area (Å²) in [6, 6.07) is 1.34. The predicted molar refractivity (Wildman–Crippen MR) is 73.6 cm³/mol. The number of aromatic nitrogens is 1. The lowest BCUT2D eigenvalue weighted by atomic mass is 10.1. The van der Waals surface area contributed by atoms with Crippen molar-refractivity contribution in [1.29, 1.82) is 0 Å². The number of thiazole rings is 1. The van der Waals surface area contributed by atoms with Crippen molar-refractivity contribution in [3.8, 4) is 0 Å². The van der Waals surface area contributed by atoms with Crippen LogP contribution in [0.5, 0.6) is 0 Å². The van der Waals surface area contributed by atoms with Crippen molar-refractivity contribution in [3.05, 3.63) is 16.6 Å². The zero-order valence-electron chi connectivity index (χ0n) is 10.9. The Morgan fingerprint density at radius 3 is 3.18 bits per heavy atom. The fourth-order valence-corrected chi connectivity index (χ4v) is 3.06. The lowest BCUT2D eigenvalue weighted by Crippen LogP contribution is -2.55. The monoisotopic (exact) mass is 253 g/mol. The fraction of sp³-hybridized carbons (Fsp3) is 0.769. The zero-order chi connectivity index (χ0) is 12.1. The van der Waals surface area contributed by atoms with E-state index in [-0.39, 0.29) is 0 Å². The molecule has 17 heavy (non-hydrogen) atoms. The van der Waals surface area contributed by atoms with E-state index in [1.54, 1.807) is 11.3 Å². The summed E-state index contributed by atoms with van der Waals surface area (Å²) >= 11 is 1.69. The predicted octanol–water partition coefficient (Wildman–Crippen LogP) is 2.15. The lowest BCUT2D eigenvalue weighted by molar-refractivity contribution is 0.138. The van der Waals surface area contributed by atoms with E-state index in [4.69, 9.17) is 0 Å². The number of rotatable bonds is 5. The Morgan fingerprint density at radius 1 is 1.59 bits per heavy atom. The smallest absolute Gasteiger partial charge is 0.0794 e. The average Bonchev–Trinajstić information content (AvgIpc) is 2.83. The van der Waals surface area contributed by atoms with Crippen molar-refractivity contribution in [3.63, 3.8) is 0 Å². The molecule has 1 aromatic heterocycles. The highest BCUT2D eigenvalue weighted by Gasteiger charge is 2.23. The second-order valence-electron chi connectivity index (χ2n) is 4.97. The SMILES string of the molecule is CCCC1CN(CCc2cscn2)C(C)CN1. The van der Waals surface area contributed by atoms with Crippen LogP contribution in [-0.2, 0) is 6.42 Å². The van der Waals surface area contributed by atoms with Crippen LogP contribution in [0.1, 0.15) is 32.4 Å². The van der Waals surface area contributed by atoms with Gasteiger partial charge in [0.05, 0.1) is 11.2 Å². The van der Waals surface area contributed by atoms with Gasteiger partial charge < -0.3 is 5.32 Å². The summed E-state index contributed by atoms with van der Waals surface area (Å²) in [5.74, 6) is 0. The first-order valence-electron chi connectivity index (χ1n) is 6.64. The van der Waals surface area contributed by atoms with E-state index in [1.165, 1.54) is 25.1 Å². The highest BCUT2D eigenvalue weighted by molar-refractivity contribution is 7.07. The van der Waals surface area contributed by atoms with E-state index < -0.39 is 0 Å². The van der Waals surface area contributed by atoms with Crippen LogP contribution in [0.3, 0.4) is 0 Å². The molecule has 1 N–H and O–H groups in total. The number of nitrogens with one attached hydrogen (secondary N) is 1. The molecule has 1 fully saturated rings. The third kappa shape index (κ3) is 3.76. The Bertz CT molecular complexity index is 312. The van der Waals surface area contributed by atoms with Gasteiger partial charge in [0, 0.05) is 43.5 Å². The Kier molecular flexibility index (Phi) is 4.95. The van der Waals surface area contributed by atoms with Gasteiger partial charge in [0.2, 0.25) is 0 Å². The van der Waals surface area contributed by atoms with E-state index in [0.717, 1.165) is 19.5 Å². The van der Waals surface area contributed by atoms with Gasteiger partial charge in [0.25, 0.3) is 0 Å². The molecule has 2 rings (SSSR count). The molecular formula is C13H23N3S. The van der Waals surface area contributed by atoms with Crippen LogP contribution >= 0.6 is 11.3 Å². The molecule has 0 aromatic carbocycles. The summed E-state index contributed by atoms with van der Waals surface area (Å²) in [7, 11) is 0. The van der Waals surface area contributed by atoms with Gasteiger partial charge in [-0.1, -0.05) is 13.3 Å². The summed E-state index contributed by atoms with van der Waals surface area (Å²) in [6.07, 6.45) is 3.65. The fourth-order valence-electron chi connectivity index (χ4n) is 2.47. The van der Waals surface area contributed by atoms with Crippen LogP contribution in [0.25, 0.3) is 0 Å². The molecular weight excluding hydrogens is 230 g/mol. The molecule has 1 aromatic rings. The normalized spacial score (nSPS) is 26.2. The van der Waals surface area contributed by atoms with E-state index >= 15 is 0 Å². The van der Waals surface area contributed by atoms with Crippen LogP contribution in [0, 0.1) is 0 Å². The molecule has 1 aliphatic heterocycles. The van der Waals surface area contributed by atoms with E-state index in [9.17, 15) is 0 Å². The molecule has 3 nitrogen and oxygen atoms in total. The van der Waals surface area contributed by atoms with Crippen LogP contribution in [0.15, 0.2) is 10.9 Å². The zero-order valence-corrected chi connectivity index (χ0v) is 11.7. The maximum Gasteiger partial charge on any atom is 0.0794 e. The molecule has 2 atom stereocenters. The van der Waals surface area contributed by atoms with Crippen molar-refractivity contribution in [2.24, 2.45) is 0 Å². The van der Waals surface area contributed by atoms with Crippen LogP contribution in [-0.4, -0.2) is 41.6 Å². The summed E-state index contributed by atoms with van der Waals surface area (Å²) in [4.78, 5) is 6.96. The molecule has 96 valence electrons. The van der Waals surface area contributed by atoms with Crippen molar-refractivity contribution >= 4 is 11.3 Å². The molecule has 0 bridgehead atoms. The summed E-state index contributed by atoms with van der Waals surface area (Å²) < 4.78 is 0. The molecule has 0 aliphatic carbocycles. The van der Waals surface area contributed by atoms with Gasteiger partial charge in [0.15, 0.2) is 0 Å². The lowest BCUT2D eigenvalue weighted by Gasteiger charge is -2.38. The van der Waals surface area contributed by atoms with E-state index in [1.807, 2.05) is 5.51 Å². The van der Waals surface area contributed by atoms with Crippen molar-refractivity contribution in [2.75, 3.05) is 19.6 Å². The largest absolute Gasteiger partial charge is 0.311 e. The van der Waals surface area contributed by atoms with Gasteiger partial charge in [-0.25, -0.2) is 4.98 Å². The van der Waals surface area contributed by atoms with Crippen LogP contribution in [0.4, 0.5) is 0 Å². The third-order valence-corrected chi connectivity index (χ3v) is 4.19. The topological polar surface area (TPSA) is 28.2 Å². The molecule has 0 spiro atoms. The molecule has 0 saturated carbocycles. The number of piperazine rings is 1. The van der Waals surface area contributed by atoms with Crippen LogP contribution < -0.4 is 5.32 Å². The standard InChI is InChI=1S/C13H23N3S/c1-3-4-12-8-16(11(2)7-14-12)6-5-13-9-17-10-15-13/h9-12,14H,3-8H2,1-2H3. The minimum Gasteiger partial charge on any atom is -0.311 e. The van der Waals surface area contributed by atoms with Crippen LogP contribution in [0.2, 0.25) is 0 Å². The number of hydrogen-bond donors (Lipinski definition) is 1. The quantitative estimate of drug-likeness (QED) is 0.871. The first kappa shape index (κ1) is 13.0. The molecule has 0 amide bonds. The van der Waals surface area contributed by atoms with Gasteiger partial charge in [0.1, 0.15) is 0 Å². The Morgan fingerprint density at radius 2 is 2.47 bits per heavy atom. The Balaban J connectivity index is 1.81. The molecule has 2 unspecified atom stereocenters. The summed E-state index contributed by atoms with van der Waals surface area (Å²) in [5.41, 5.74) is 3.17. The number of nitrogens with zero attached hydrogens (tertiary/aromatic N) is 2. The third-order valence-electron chi connectivity index (χ3n) is 3.56.